The Hall–Kier alpha value is -1.59. The molecule has 0 saturated heterocycles. The Labute approximate surface area is 107 Å². The highest BCUT2D eigenvalue weighted by Crippen LogP contribution is 2.16. The molecule has 0 aliphatic heterocycles. The van der Waals surface area contributed by atoms with E-state index >= 15 is 0 Å². The van der Waals surface area contributed by atoms with Crippen molar-refractivity contribution in [3.05, 3.63) is 29.8 Å². The lowest BCUT2D eigenvalue weighted by Crippen LogP contribution is -2.33. The average molecular weight is 251 g/mol. The zero-order valence-electron chi connectivity index (χ0n) is 10.8. The number of anilines is 1. The minimum Gasteiger partial charge on any atom is -0.395 e. The lowest BCUT2D eigenvalue weighted by molar-refractivity contribution is 0.230. The molecule has 1 aromatic rings. The largest absolute Gasteiger partial charge is 0.395 e. The Morgan fingerprint density at radius 3 is 2.44 bits per heavy atom. The Morgan fingerprint density at radius 2 is 2.00 bits per heavy atom. The second-order valence-electron chi connectivity index (χ2n) is 4.29. The number of amides is 2. The molecule has 18 heavy (non-hydrogen) atoms. The lowest BCUT2D eigenvalue weighted by atomic mass is 10.1. The van der Waals surface area contributed by atoms with Gasteiger partial charge in [0.2, 0.25) is 0 Å². The number of carbonyl (C=O) groups excluding carboxylic acids is 1. The molecule has 0 saturated carbocycles. The molecule has 0 heterocycles. The molecule has 0 bridgehead atoms. The summed E-state index contributed by atoms with van der Waals surface area (Å²) in [6.07, 6.45) is 0.877. The van der Waals surface area contributed by atoms with Gasteiger partial charge in [0.25, 0.3) is 0 Å². The molecular weight excluding hydrogens is 230 g/mol. The highest BCUT2D eigenvalue weighted by Gasteiger charge is 2.10. The Balaban J connectivity index is 2.63. The van der Waals surface area contributed by atoms with Crippen molar-refractivity contribution in [3.8, 4) is 0 Å². The van der Waals surface area contributed by atoms with Gasteiger partial charge >= 0.3 is 6.03 Å². The van der Waals surface area contributed by atoms with E-state index in [2.05, 4.69) is 10.6 Å². The van der Waals surface area contributed by atoms with Gasteiger partial charge < -0.3 is 21.5 Å². The van der Waals surface area contributed by atoms with Crippen LogP contribution in [-0.4, -0.2) is 23.8 Å². The van der Waals surface area contributed by atoms with Crippen LogP contribution in [0, 0.1) is 0 Å². The van der Waals surface area contributed by atoms with Crippen molar-refractivity contribution in [1.29, 1.82) is 0 Å². The summed E-state index contributed by atoms with van der Waals surface area (Å²) in [6.45, 7) is 4.19. The maximum atomic E-state index is 10.7. The Bertz CT molecular complexity index is 374. The first kappa shape index (κ1) is 14.5. The van der Waals surface area contributed by atoms with E-state index in [-0.39, 0.29) is 18.7 Å². The van der Waals surface area contributed by atoms with E-state index in [0.717, 1.165) is 12.0 Å². The molecule has 2 unspecified atom stereocenters. The standard InChI is InChI=1S/C13H21N3O2/c1-3-11(8-17)15-9(2)10-4-6-12(7-5-10)16-13(14)18/h4-7,9,11,15,17H,3,8H2,1-2H3,(H3,14,16,18). The summed E-state index contributed by atoms with van der Waals surface area (Å²) in [5.74, 6) is 0. The summed E-state index contributed by atoms with van der Waals surface area (Å²) in [5.41, 5.74) is 6.80. The maximum Gasteiger partial charge on any atom is 0.316 e. The van der Waals surface area contributed by atoms with Crippen molar-refractivity contribution in [2.24, 2.45) is 5.73 Å². The molecule has 0 radical (unpaired) electrons. The van der Waals surface area contributed by atoms with Crippen LogP contribution in [0.1, 0.15) is 31.9 Å². The fourth-order valence-corrected chi connectivity index (χ4v) is 1.75. The van der Waals surface area contributed by atoms with E-state index in [0.29, 0.717) is 5.69 Å². The van der Waals surface area contributed by atoms with E-state index < -0.39 is 6.03 Å². The molecule has 0 aliphatic rings. The molecule has 5 heteroatoms. The van der Waals surface area contributed by atoms with E-state index in [1.54, 1.807) is 12.1 Å². The van der Waals surface area contributed by atoms with Crippen LogP contribution in [0.5, 0.6) is 0 Å². The van der Waals surface area contributed by atoms with Crippen LogP contribution in [-0.2, 0) is 0 Å². The van der Waals surface area contributed by atoms with Crippen molar-refractivity contribution in [3.63, 3.8) is 0 Å². The summed E-state index contributed by atoms with van der Waals surface area (Å²) in [7, 11) is 0. The van der Waals surface area contributed by atoms with Crippen LogP contribution in [0.15, 0.2) is 24.3 Å². The number of rotatable bonds is 6. The summed E-state index contributed by atoms with van der Waals surface area (Å²) in [4.78, 5) is 10.7. The molecule has 0 aromatic heterocycles. The van der Waals surface area contributed by atoms with Gasteiger partial charge in [-0.2, -0.15) is 0 Å². The number of benzene rings is 1. The lowest BCUT2D eigenvalue weighted by Gasteiger charge is -2.21. The number of nitrogens with two attached hydrogens (primary N) is 1. The number of carbonyl (C=O) groups is 1. The number of aliphatic hydroxyl groups excluding tert-OH is 1. The number of nitrogens with one attached hydrogen (secondary N) is 2. The van der Waals surface area contributed by atoms with Gasteiger partial charge in [0.15, 0.2) is 0 Å². The molecule has 2 amide bonds. The van der Waals surface area contributed by atoms with Crippen LogP contribution >= 0.6 is 0 Å². The van der Waals surface area contributed by atoms with E-state index in [1.807, 2.05) is 26.0 Å². The third kappa shape index (κ3) is 4.35. The number of aliphatic hydroxyl groups is 1. The number of primary amides is 1. The fraction of sp³-hybridized carbons (Fsp3) is 0.462. The quantitative estimate of drug-likeness (QED) is 0.619. The summed E-state index contributed by atoms with van der Waals surface area (Å²) in [5, 5.41) is 15.0. The predicted octanol–water partition coefficient (Wildman–Crippen LogP) is 1.60. The van der Waals surface area contributed by atoms with Gasteiger partial charge in [0.05, 0.1) is 6.61 Å². The molecule has 2 atom stereocenters. The monoisotopic (exact) mass is 251 g/mol. The molecule has 0 spiro atoms. The first-order valence-electron chi connectivity index (χ1n) is 6.10. The summed E-state index contributed by atoms with van der Waals surface area (Å²) in [6, 6.07) is 7.13. The van der Waals surface area contributed by atoms with Gasteiger partial charge in [-0.3, -0.25) is 0 Å². The first-order chi connectivity index (χ1) is 8.56. The van der Waals surface area contributed by atoms with Crippen molar-refractivity contribution < 1.29 is 9.90 Å². The molecule has 0 aliphatic carbocycles. The third-order valence-corrected chi connectivity index (χ3v) is 2.88. The van der Waals surface area contributed by atoms with Crippen LogP contribution in [0.2, 0.25) is 0 Å². The summed E-state index contributed by atoms with van der Waals surface area (Å²) >= 11 is 0. The summed E-state index contributed by atoms with van der Waals surface area (Å²) < 4.78 is 0. The number of urea groups is 1. The smallest absolute Gasteiger partial charge is 0.316 e. The normalized spacial score (nSPS) is 13.9. The van der Waals surface area contributed by atoms with Gasteiger partial charge in [-0.15, -0.1) is 0 Å². The second kappa shape index (κ2) is 6.98. The van der Waals surface area contributed by atoms with Crippen molar-refractivity contribution in [2.45, 2.75) is 32.4 Å². The van der Waals surface area contributed by atoms with Crippen molar-refractivity contribution in [2.75, 3.05) is 11.9 Å². The zero-order chi connectivity index (χ0) is 13.5. The van der Waals surface area contributed by atoms with E-state index in [9.17, 15) is 4.79 Å². The van der Waals surface area contributed by atoms with Crippen LogP contribution < -0.4 is 16.4 Å². The maximum absolute atomic E-state index is 10.7. The topological polar surface area (TPSA) is 87.4 Å². The highest BCUT2D eigenvalue weighted by molar-refractivity contribution is 5.87. The van der Waals surface area contributed by atoms with Gasteiger partial charge in [-0.25, -0.2) is 4.79 Å². The fourth-order valence-electron chi connectivity index (χ4n) is 1.75. The average Bonchev–Trinajstić information content (AvgIpc) is 2.35. The molecular formula is C13H21N3O2. The van der Waals surface area contributed by atoms with E-state index in [1.165, 1.54) is 0 Å². The van der Waals surface area contributed by atoms with Crippen LogP contribution in [0.4, 0.5) is 10.5 Å². The van der Waals surface area contributed by atoms with Crippen LogP contribution in [0.25, 0.3) is 0 Å². The number of hydrogen-bond donors (Lipinski definition) is 4. The van der Waals surface area contributed by atoms with E-state index in [4.69, 9.17) is 10.8 Å². The molecule has 1 aromatic carbocycles. The van der Waals surface area contributed by atoms with Gasteiger partial charge in [-0.05, 0) is 31.0 Å². The Morgan fingerprint density at radius 1 is 1.39 bits per heavy atom. The van der Waals surface area contributed by atoms with Gasteiger partial charge in [-0.1, -0.05) is 19.1 Å². The van der Waals surface area contributed by atoms with Gasteiger partial charge in [0, 0.05) is 17.8 Å². The number of hydrogen-bond acceptors (Lipinski definition) is 3. The van der Waals surface area contributed by atoms with Gasteiger partial charge in [0.1, 0.15) is 0 Å². The third-order valence-electron chi connectivity index (χ3n) is 2.88. The minimum atomic E-state index is -0.569. The zero-order valence-corrected chi connectivity index (χ0v) is 10.8. The molecule has 100 valence electrons. The van der Waals surface area contributed by atoms with Crippen molar-refractivity contribution in [1.82, 2.24) is 5.32 Å². The SMILES string of the molecule is CCC(CO)NC(C)c1ccc(NC(N)=O)cc1. The predicted molar refractivity (Wildman–Crippen MR) is 72.4 cm³/mol. The Kier molecular flexibility index (Phi) is 5.61. The molecule has 5 nitrogen and oxygen atoms in total. The first-order valence-corrected chi connectivity index (χ1v) is 6.10. The van der Waals surface area contributed by atoms with Crippen LogP contribution in [0.3, 0.4) is 0 Å². The minimum absolute atomic E-state index is 0.100. The second-order valence-corrected chi connectivity index (χ2v) is 4.29. The molecule has 1 rings (SSSR count). The molecule has 5 N–H and O–H groups in total. The molecule has 0 fully saturated rings. The van der Waals surface area contributed by atoms with Crippen molar-refractivity contribution >= 4 is 11.7 Å². The highest BCUT2D eigenvalue weighted by atomic mass is 16.3.